The average Bonchev–Trinajstić information content (AvgIpc) is 3.04. The van der Waals surface area contributed by atoms with E-state index in [0.717, 1.165) is 29.2 Å². The van der Waals surface area contributed by atoms with Crippen LogP contribution in [0.3, 0.4) is 0 Å². The van der Waals surface area contributed by atoms with Crippen molar-refractivity contribution >= 4 is 17.8 Å². The molecule has 0 aliphatic rings. The molecule has 0 spiro atoms. The molecule has 1 aromatic heterocycles. The van der Waals surface area contributed by atoms with E-state index in [4.69, 9.17) is 9.15 Å². The van der Waals surface area contributed by atoms with E-state index in [1.54, 1.807) is 11.8 Å². The molecule has 0 atom stereocenters. The molecule has 0 fully saturated rings. The Labute approximate surface area is 159 Å². The molecule has 3 nitrogen and oxygen atoms in total. The first-order valence-corrected chi connectivity index (χ1v) is 9.85. The Morgan fingerprint density at radius 1 is 1.12 bits per heavy atom. The van der Waals surface area contributed by atoms with Crippen LogP contribution in [0, 0.1) is 6.92 Å². The largest absolute Gasteiger partial charge is 0.493 e. The Hall–Kier alpha value is -2.46. The summed E-state index contributed by atoms with van der Waals surface area (Å²) in [6.45, 7) is 4.63. The SMILES string of the molecule is CSC(C)=Cc1ccc(OCCc2nc(-c3ccccc3)oc2C)cc1. The third-order valence-electron chi connectivity index (χ3n) is 4.09. The molecule has 134 valence electrons. The van der Waals surface area contributed by atoms with Crippen molar-refractivity contribution in [1.82, 2.24) is 4.98 Å². The molecule has 26 heavy (non-hydrogen) atoms. The molecule has 0 amide bonds. The van der Waals surface area contributed by atoms with Gasteiger partial charge in [-0.1, -0.05) is 30.3 Å². The van der Waals surface area contributed by atoms with Gasteiger partial charge in [0.1, 0.15) is 11.5 Å². The number of oxazole rings is 1. The van der Waals surface area contributed by atoms with Crippen LogP contribution in [0.15, 0.2) is 63.9 Å². The summed E-state index contributed by atoms with van der Waals surface area (Å²) in [5.41, 5.74) is 3.12. The van der Waals surface area contributed by atoms with E-state index in [2.05, 4.69) is 36.4 Å². The molecule has 0 aliphatic heterocycles. The topological polar surface area (TPSA) is 35.3 Å². The summed E-state index contributed by atoms with van der Waals surface area (Å²) >= 11 is 1.75. The number of benzene rings is 2. The number of hydrogen-bond acceptors (Lipinski definition) is 4. The highest BCUT2D eigenvalue weighted by Gasteiger charge is 2.11. The minimum absolute atomic E-state index is 0.570. The normalized spacial score (nSPS) is 11.6. The highest BCUT2D eigenvalue weighted by Crippen LogP contribution is 2.22. The Morgan fingerprint density at radius 2 is 1.85 bits per heavy atom. The fourth-order valence-corrected chi connectivity index (χ4v) is 2.84. The van der Waals surface area contributed by atoms with Gasteiger partial charge in [-0.3, -0.25) is 0 Å². The predicted octanol–water partition coefficient (Wildman–Crippen LogP) is 6.00. The van der Waals surface area contributed by atoms with Gasteiger partial charge in [0.15, 0.2) is 0 Å². The van der Waals surface area contributed by atoms with Gasteiger partial charge in [-0.2, -0.15) is 0 Å². The van der Waals surface area contributed by atoms with Crippen LogP contribution in [-0.2, 0) is 6.42 Å². The molecular formula is C22H23NO2S. The monoisotopic (exact) mass is 365 g/mol. The average molecular weight is 365 g/mol. The molecule has 3 rings (SSSR count). The van der Waals surface area contributed by atoms with Gasteiger partial charge in [0.05, 0.1) is 12.3 Å². The highest BCUT2D eigenvalue weighted by molar-refractivity contribution is 8.02. The third-order valence-corrected chi connectivity index (χ3v) is 4.85. The zero-order chi connectivity index (χ0) is 18.4. The summed E-state index contributed by atoms with van der Waals surface area (Å²) in [5, 5.41) is 0. The van der Waals surface area contributed by atoms with Crippen LogP contribution >= 0.6 is 11.8 Å². The van der Waals surface area contributed by atoms with Crippen LogP contribution in [0.4, 0.5) is 0 Å². The molecule has 0 N–H and O–H groups in total. The molecule has 0 aliphatic carbocycles. The maximum absolute atomic E-state index is 5.86. The number of aryl methyl sites for hydroxylation is 1. The summed E-state index contributed by atoms with van der Waals surface area (Å²) < 4.78 is 11.7. The third kappa shape index (κ3) is 4.79. The smallest absolute Gasteiger partial charge is 0.226 e. The van der Waals surface area contributed by atoms with Crippen LogP contribution in [-0.4, -0.2) is 17.8 Å². The molecule has 2 aromatic carbocycles. The molecule has 3 aromatic rings. The lowest BCUT2D eigenvalue weighted by atomic mass is 10.2. The van der Waals surface area contributed by atoms with Gasteiger partial charge in [0.25, 0.3) is 0 Å². The summed E-state index contributed by atoms with van der Waals surface area (Å²) in [6, 6.07) is 18.1. The number of aromatic nitrogens is 1. The van der Waals surface area contributed by atoms with Crippen molar-refractivity contribution < 1.29 is 9.15 Å². The van der Waals surface area contributed by atoms with Crippen LogP contribution in [0.5, 0.6) is 5.75 Å². The van der Waals surface area contributed by atoms with Crippen LogP contribution in [0.1, 0.15) is 23.9 Å². The first-order chi connectivity index (χ1) is 12.7. The molecule has 4 heteroatoms. The molecule has 0 bridgehead atoms. The fraction of sp³-hybridized carbons (Fsp3) is 0.227. The number of nitrogens with zero attached hydrogens (tertiary/aromatic N) is 1. The van der Waals surface area contributed by atoms with Gasteiger partial charge < -0.3 is 9.15 Å². The molecule has 0 saturated carbocycles. The minimum atomic E-state index is 0.570. The highest BCUT2D eigenvalue weighted by atomic mass is 32.2. The van der Waals surface area contributed by atoms with E-state index < -0.39 is 0 Å². The number of allylic oxidation sites excluding steroid dienone is 1. The van der Waals surface area contributed by atoms with Gasteiger partial charge in [-0.25, -0.2) is 4.98 Å². The molecular weight excluding hydrogens is 342 g/mol. The van der Waals surface area contributed by atoms with Crippen LogP contribution in [0.2, 0.25) is 0 Å². The van der Waals surface area contributed by atoms with Crippen molar-refractivity contribution in [2.75, 3.05) is 12.9 Å². The second kappa shape index (κ2) is 8.77. The van der Waals surface area contributed by atoms with E-state index in [1.165, 1.54) is 10.5 Å². The summed E-state index contributed by atoms with van der Waals surface area (Å²) in [4.78, 5) is 5.90. The molecule has 1 heterocycles. The molecule has 0 radical (unpaired) electrons. The second-order valence-electron chi connectivity index (χ2n) is 6.01. The Morgan fingerprint density at radius 3 is 2.54 bits per heavy atom. The second-order valence-corrected chi connectivity index (χ2v) is 7.07. The minimum Gasteiger partial charge on any atom is -0.493 e. The van der Waals surface area contributed by atoms with E-state index in [0.29, 0.717) is 12.5 Å². The van der Waals surface area contributed by atoms with Crippen molar-refractivity contribution in [2.45, 2.75) is 20.3 Å². The Balaban J connectivity index is 1.58. The van der Waals surface area contributed by atoms with Gasteiger partial charge in [-0.15, -0.1) is 11.8 Å². The number of hydrogen-bond donors (Lipinski definition) is 0. The van der Waals surface area contributed by atoms with Gasteiger partial charge in [0.2, 0.25) is 5.89 Å². The Bertz CT molecular complexity index is 867. The van der Waals surface area contributed by atoms with E-state index >= 15 is 0 Å². The van der Waals surface area contributed by atoms with Gasteiger partial charge in [-0.05, 0) is 60.9 Å². The molecule has 0 saturated heterocycles. The zero-order valence-electron chi connectivity index (χ0n) is 15.4. The fourth-order valence-electron chi connectivity index (χ4n) is 2.58. The lowest BCUT2D eigenvalue weighted by Gasteiger charge is -2.06. The van der Waals surface area contributed by atoms with E-state index in [9.17, 15) is 0 Å². The summed E-state index contributed by atoms with van der Waals surface area (Å²) in [7, 11) is 0. The standard InChI is InChI=1S/C22H23NO2S/c1-16(26-3)15-18-9-11-20(12-10-18)24-14-13-21-17(2)25-22(23-21)19-7-5-4-6-8-19/h4-12,15H,13-14H2,1-3H3. The number of rotatable bonds is 7. The first kappa shape index (κ1) is 18.3. The molecule has 0 unspecified atom stereocenters. The van der Waals surface area contributed by atoms with Crippen molar-refractivity contribution in [3.8, 4) is 17.2 Å². The van der Waals surface area contributed by atoms with Gasteiger partial charge in [0, 0.05) is 12.0 Å². The van der Waals surface area contributed by atoms with Crippen molar-refractivity contribution in [3.05, 3.63) is 76.5 Å². The van der Waals surface area contributed by atoms with Crippen LogP contribution < -0.4 is 4.74 Å². The van der Waals surface area contributed by atoms with E-state index in [-0.39, 0.29) is 0 Å². The maximum atomic E-state index is 5.86. The van der Waals surface area contributed by atoms with Crippen molar-refractivity contribution in [3.63, 3.8) is 0 Å². The summed E-state index contributed by atoms with van der Waals surface area (Å²) in [6.07, 6.45) is 4.96. The zero-order valence-corrected chi connectivity index (χ0v) is 16.2. The lowest BCUT2D eigenvalue weighted by Crippen LogP contribution is -2.02. The van der Waals surface area contributed by atoms with Crippen LogP contribution in [0.25, 0.3) is 17.5 Å². The van der Waals surface area contributed by atoms with Crippen molar-refractivity contribution in [2.24, 2.45) is 0 Å². The number of thioether (sulfide) groups is 1. The predicted molar refractivity (Wildman–Crippen MR) is 109 cm³/mol. The quantitative estimate of drug-likeness (QED) is 0.515. The van der Waals surface area contributed by atoms with E-state index in [1.807, 2.05) is 49.4 Å². The lowest BCUT2D eigenvalue weighted by molar-refractivity contribution is 0.320. The van der Waals surface area contributed by atoms with Crippen molar-refractivity contribution in [1.29, 1.82) is 0 Å². The maximum Gasteiger partial charge on any atom is 0.226 e. The van der Waals surface area contributed by atoms with Gasteiger partial charge >= 0.3 is 0 Å². The summed E-state index contributed by atoms with van der Waals surface area (Å²) in [5.74, 6) is 2.38. The first-order valence-electron chi connectivity index (χ1n) is 8.62. The Kier molecular flexibility index (Phi) is 6.18. The number of ether oxygens (including phenoxy) is 1.